The van der Waals surface area contributed by atoms with Crippen LogP contribution in [0.3, 0.4) is 0 Å². The molecule has 6 rings (SSSR count). The van der Waals surface area contributed by atoms with Crippen LogP contribution >= 0.6 is 11.3 Å². The van der Waals surface area contributed by atoms with E-state index in [1.165, 1.54) is 11.3 Å². The molecule has 41 heavy (non-hydrogen) atoms. The lowest BCUT2D eigenvalue weighted by Gasteiger charge is -2.29. The average Bonchev–Trinajstić information content (AvgIpc) is 3.64. The van der Waals surface area contributed by atoms with Gasteiger partial charge in [-0.15, -0.1) is 0 Å². The predicted octanol–water partition coefficient (Wildman–Crippen LogP) is 5.90. The fourth-order valence-corrected chi connectivity index (χ4v) is 6.76. The maximum absolute atomic E-state index is 15.4. The van der Waals surface area contributed by atoms with Gasteiger partial charge in [-0.2, -0.15) is 0 Å². The van der Waals surface area contributed by atoms with Gasteiger partial charge in [0.15, 0.2) is 4.96 Å². The fourth-order valence-electron chi connectivity index (χ4n) is 5.71. The zero-order valence-electron chi connectivity index (χ0n) is 23.9. The van der Waals surface area contributed by atoms with Crippen molar-refractivity contribution >= 4 is 38.5 Å². The number of carbonyl (C=O) groups excluding carboxylic acids is 2. The Bertz CT molecular complexity index is 1620. The summed E-state index contributed by atoms with van der Waals surface area (Å²) in [5.41, 5.74) is 2.90. The zero-order chi connectivity index (χ0) is 28.9. The summed E-state index contributed by atoms with van der Waals surface area (Å²) < 4.78 is 23.8. The van der Waals surface area contributed by atoms with Gasteiger partial charge in [-0.1, -0.05) is 17.4 Å². The van der Waals surface area contributed by atoms with Crippen molar-refractivity contribution in [2.45, 2.75) is 57.6 Å². The van der Waals surface area contributed by atoms with E-state index in [1.54, 1.807) is 17.0 Å². The van der Waals surface area contributed by atoms with Crippen molar-refractivity contribution in [3.63, 3.8) is 0 Å². The van der Waals surface area contributed by atoms with Crippen LogP contribution in [0.1, 0.15) is 61.9 Å². The molecule has 0 bridgehead atoms. The molecular formula is C31H36FN5O3S. The topological polar surface area (TPSA) is 79.2 Å². The van der Waals surface area contributed by atoms with Crippen molar-refractivity contribution in [3.05, 3.63) is 59.5 Å². The molecule has 216 valence electrons. The standard InChI is InChI=1S/C31H36FN5O3S/c1-31(2,3)40-30(39)36-14-9-21(17-36)19-5-7-23(24(32)15-19)25-18-37-26-8-6-20(16-27(26)41-29(37)34-25)28(38)33-22-10-12-35(4)13-11-22/h5-8,15-16,18,21-22H,9-14,17H2,1-4H3,(H,33,38). The lowest BCUT2D eigenvalue weighted by molar-refractivity contribution is 0.0292. The summed E-state index contributed by atoms with van der Waals surface area (Å²) in [5.74, 6) is -0.320. The Kier molecular flexibility index (Phi) is 7.23. The first-order chi connectivity index (χ1) is 19.5. The van der Waals surface area contributed by atoms with E-state index in [0.717, 1.165) is 53.1 Å². The average molecular weight is 578 g/mol. The van der Waals surface area contributed by atoms with E-state index in [9.17, 15) is 9.59 Å². The molecule has 8 nitrogen and oxygen atoms in total. The number of amides is 2. The number of halogens is 1. The molecule has 0 spiro atoms. The molecule has 2 aromatic carbocycles. The molecule has 2 aromatic heterocycles. The number of nitrogens with one attached hydrogen (secondary N) is 1. The van der Waals surface area contributed by atoms with Gasteiger partial charge in [-0.25, -0.2) is 14.2 Å². The van der Waals surface area contributed by atoms with Gasteiger partial charge in [0, 0.05) is 42.4 Å². The van der Waals surface area contributed by atoms with Crippen molar-refractivity contribution < 1.29 is 18.7 Å². The lowest BCUT2D eigenvalue weighted by atomic mass is 9.96. The van der Waals surface area contributed by atoms with E-state index >= 15 is 4.39 Å². The van der Waals surface area contributed by atoms with Crippen LogP contribution in [0.25, 0.3) is 26.4 Å². The van der Waals surface area contributed by atoms with Crippen molar-refractivity contribution in [1.82, 2.24) is 24.5 Å². The predicted molar refractivity (Wildman–Crippen MR) is 159 cm³/mol. The third-order valence-electron chi connectivity index (χ3n) is 7.99. The number of carbonyl (C=O) groups is 2. The molecule has 2 fully saturated rings. The monoisotopic (exact) mass is 577 g/mol. The first-order valence-corrected chi connectivity index (χ1v) is 15.0. The summed E-state index contributed by atoms with van der Waals surface area (Å²) in [4.78, 5) is 34.8. The Hall–Kier alpha value is -3.50. The number of hydrogen-bond donors (Lipinski definition) is 1. The number of nitrogens with zero attached hydrogens (tertiary/aromatic N) is 4. The highest BCUT2D eigenvalue weighted by Gasteiger charge is 2.31. The Morgan fingerprint density at radius 1 is 1.07 bits per heavy atom. The van der Waals surface area contributed by atoms with Crippen LogP contribution in [0, 0.1) is 5.82 Å². The highest BCUT2D eigenvalue weighted by atomic mass is 32.1. The van der Waals surface area contributed by atoms with E-state index in [2.05, 4.69) is 17.3 Å². The maximum atomic E-state index is 15.4. The Morgan fingerprint density at radius 2 is 1.85 bits per heavy atom. The van der Waals surface area contributed by atoms with E-state index in [4.69, 9.17) is 9.72 Å². The van der Waals surface area contributed by atoms with Crippen molar-refractivity contribution in [2.24, 2.45) is 0 Å². The van der Waals surface area contributed by atoms with Crippen molar-refractivity contribution in [2.75, 3.05) is 33.2 Å². The first-order valence-electron chi connectivity index (χ1n) is 14.2. The van der Waals surface area contributed by atoms with Crippen LogP contribution in [0.15, 0.2) is 42.6 Å². The number of fused-ring (bicyclic) bond motifs is 3. The second-order valence-electron chi connectivity index (χ2n) is 12.3. The van der Waals surface area contributed by atoms with Crippen LogP contribution < -0.4 is 5.32 Å². The summed E-state index contributed by atoms with van der Waals surface area (Å²) in [6, 6.07) is 11.2. The van der Waals surface area contributed by atoms with Gasteiger partial charge in [-0.05, 0) is 96.1 Å². The summed E-state index contributed by atoms with van der Waals surface area (Å²) in [6.45, 7) is 8.64. The normalized spacial score (nSPS) is 18.9. The molecule has 1 N–H and O–H groups in total. The number of imidazole rings is 1. The minimum atomic E-state index is -0.546. The number of piperidine rings is 1. The maximum Gasteiger partial charge on any atom is 0.410 e. The molecular weight excluding hydrogens is 541 g/mol. The minimum Gasteiger partial charge on any atom is -0.444 e. The highest BCUT2D eigenvalue weighted by molar-refractivity contribution is 7.23. The van der Waals surface area contributed by atoms with Gasteiger partial charge in [0.05, 0.1) is 15.9 Å². The van der Waals surface area contributed by atoms with Crippen molar-refractivity contribution in [1.29, 1.82) is 0 Å². The third-order valence-corrected chi connectivity index (χ3v) is 9.01. The number of rotatable bonds is 4. The summed E-state index contributed by atoms with van der Waals surface area (Å²) in [5, 5.41) is 3.18. The van der Waals surface area contributed by atoms with Crippen LogP contribution in [0.4, 0.5) is 9.18 Å². The van der Waals surface area contributed by atoms with Crippen LogP contribution in [-0.2, 0) is 4.74 Å². The molecule has 0 saturated carbocycles. The van der Waals surface area contributed by atoms with E-state index in [1.807, 2.05) is 55.6 Å². The van der Waals surface area contributed by atoms with Gasteiger partial charge in [0.25, 0.3) is 5.91 Å². The van der Waals surface area contributed by atoms with Gasteiger partial charge in [0.2, 0.25) is 0 Å². The van der Waals surface area contributed by atoms with Crippen LogP contribution in [0.5, 0.6) is 0 Å². The molecule has 1 unspecified atom stereocenters. The second kappa shape index (κ2) is 10.7. The number of benzene rings is 2. The molecule has 4 heterocycles. The highest BCUT2D eigenvalue weighted by Crippen LogP contribution is 2.34. The van der Waals surface area contributed by atoms with E-state index in [0.29, 0.717) is 29.9 Å². The summed E-state index contributed by atoms with van der Waals surface area (Å²) >= 11 is 1.48. The van der Waals surface area contributed by atoms with Gasteiger partial charge in [-0.3, -0.25) is 9.20 Å². The molecule has 10 heteroatoms. The number of ether oxygens (including phenoxy) is 1. The largest absolute Gasteiger partial charge is 0.444 e. The molecule has 2 aliphatic rings. The number of thiazole rings is 1. The van der Waals surface area contributed by atoms with Crippen molar-refractivity contribution in [3.8, 4) is 11.3 Å². The molecule has 2 saturated heterocycles. The van der Waals surface area contributed by atoms with E-state index < -0.39 is 5.60 Å². The van der Waals surface area contributed by atoms with Gasteiger partial charge >= 0.3 is 6.09 Å². The minimum absolute atomic E-state index is 0.0492. The number of aromatic nitrogens is 2. The smallest absolute Gasteiger partial charge is 0.410 e. The summed E-state index contributed by atoms with van der Waals surface area (Å²) in [7, 11) is 2.10. The quantitative estimate of drug-likeness (QED) is 0.327. The molecule has 2 aliphatic heterocycles. The lowest BCUT2D eigenvalue weighted by Crippen LogP contribution is -2.43. The second-order valence-corrected chi connectivity index (χ2v) is 13.3. The third kappa shape index (κ3) is 5.81. The van der Waals surface area contributed by atoms with Crippen LogP contribution in [0.2, 0.25) is 0 Å². The van der Waals surface area contributed by atoms with Crippen LogP contribution in [-0.4, -0.2) is 76.1 Å². The molecule has 1 atom stereocenters. The summed E-state index contributed by atoms with van der Waals surface area (Å²) in [6.07, 6.45) is 4.21. The Labute approximate surface area is 243 Å². The molecule has 0 aliphatic carbocycles. The molecule has 2 amide bonds. The SMILES string of the molecule is CN1CCC(NC(=O)c2ccc3c(c2)sc2nc(-c4ccc(C5CCN(C(=O)OC(C)(C)C)C5)cc4F)cn23)CC1. The van der Waals surface area contributed by atoms with Gasteiger partial charge in [0.1, 0.15) is 11.4 Å². The van der Waals surface area contributed by atoms with E-state index in [-0.39, 0.29) is 29.8 Å². The number of likely N-dealkylation sites (tertiary alicyclic amines) is 2. The first kappa shape index (κ1) is 27.7. The van der Waals surface area contributed by atoms with Gasteiger partial charge < -0.3 is 19.9 Å². The Morgan fingerprint density at radius 3 is 2.59 bits per heavy atom. The fraction of sp³-hybridized carbons (Fsp3) is 0.452. The zero-order valence-corrected chi connectivity index (χ0v) is 24.8. The Balaban J connectivity index is 1.16. The molecule has 4 aromatic rings. The molecule has 0 radical (unpaired) electrons. The number of hydrogen-bond acceptors (Lipinski definition) is 6.